The lowest BCUT2D eigenvalue weighted by molar-refractivity contribution is 0.237. The average Bonchev–Trinajstić information content (AvgIpc) is 2.48. The van der Waals surface area contributed by atoms with Crippen molar-refractivity contribution in [3.8, 4) is 0 Å². The van der Waals surface area contributed by atoms with Gasteiger partial charge in [0.15, 0.2) is 0 Å². The molecule has 1 heterocycles. The maximum Gasteiger partial charge on any atom is 0.322 e. The molecule has 0 radical (unpaired) electrons. The Morgan fingerprint density at radius 3 is 2.80 bits per heavy atom. The number of amides is 2. The van der Waals surface area contributed by atoms with Gasteiger partial charge in [-0.1, -0.05) is 31.4 Å². The third-order valence-electron chi connectivity index (χ3n) is 4.35. The fraction of sp³-hybridized carbons (Fsp3) is 0.562. The van der Waals surface area contributed by atoms with Gasteiger partial charge >= 0.3 is 6.03 Å². The van der Waals surface area contributed by atoms with E-state index in [4.69, 9.17) is 0 Å². The van der Waals surface area contributed by atoms with Crippen LogP contribution in [0, 0.1) is 5.82 Å². The molecule has 1 saturated carbocycles. The maximum absolute atomic E-state index is 14.0. The molecule has 4 heteroatoms. The minimum atomic E-state index is -0.291. The first kappa shape index (κ1) is 13.4. The lowest BCUT2D eigenvalue weighted by Crippen LogP contribution is -2.47. The molecule has 1 N–H and O–H groups in total. The topological polar surface area (TPSA) is 32.3 Å². The van der Waals surface area contributed by atoms with Crippen LogP contribution in [0.3, 0.4) is 0 Å². The monoisotopic (exact) mass is 276 g/mol. The van der Waals surface area contributed by atoms with Crippen LogP contribution < -0.4 is 10.2 Å². The number of rotatable bonds is 1. The summed E-state index contributed by atoms with van der Waals surface area (Å²) in [6.45, 7) is 0.604. The first-order valence-corrected chi connectivity index (χ1v) is 7.61. The predicted octanol–water partition coefficient (Wildman–Crippen LogP) is 3.62. The van der Waals surface area contributed by atoms with Gasteiger partial charge in [0, 0.05) is 12.6 Å². The lowest BCUT2D eigenvalue weighted by atomic mass is 9.95. The Bertz CT molecular complexity index is 497. The molecule has 1 fully saturated rings. The summed E-state index contributed by atoms with van der Waals surface area (Å²) in [6.07, 6.45) is 7.45. The fourth-order valence-corrected chi connectivity index (χ4v) is 3.31. The normalized spacial score (nSPS) is 19.6. The number of carbonyl (C=O) groups is 1. The van der Waals surface area contributed by atoms with E-state index in [0.717, 1.165) is 31.2 Å². The molecular formula is C16H21FN2O. The van der Waals surface area contributed by atoms with Crippen LogP contribution in [0.2, 0.25) is 0 Å². The number of nitrogens with one attached hydrogen (secondary N) is 1. The summed E-state index contributed by atoms with van der Waals surface area (Å²) in [7, 11) is 0. The first-order valence-electron chi connectivity index (χ1n) is 7.61. The van der Waals surface area contributed by atoms with E-state index in [9.17, 15) is 9.18 Å². The van der Waals surface area contributed by atoms with Crippen LogP contribution in [0.1, 0.15) is 44.1 Å². The molecule has 3 nitrogen and oxygen atoms in total. The Labute approximate surface area is 119 Å². The first-order chi connectivity index (χ1) is 9.75. The quantitative estimate of drug-likeness (QED) is 0.834. The van der Waals surface area contributed by atoms with Crippen LogP contribution in [0.15, 0.2) is 18.2 Å². The third kappa shape index (κ3) is 2.65. The average molecular weight is 276 g/mol. The molecule has 0 bridgehead atoms. The molecule has 0 atom stereocenters. The maximum atomic E-state index is 14.0. The Morgan fingerprint density at radius 2 is 2.00 bits per heavy atom. The van der Waals surface area contributed by atoms with E-state index < -0.39 is 0 Å². The van der Waals surface area contributed by atoms with E-state index in [1.54, 1.807) is 11.0 Å². The molecule has 3 rings (SSSR count). The number of anilines is 1. The van der Waals surface area contributed by atoms with Gasteiger partial charge in [0.25, 0.3) is 0 Å². The molecule has 1 aromatic carbocycles. The Balaban J connectivity index is 1.76. The number of para-hydroxylation sites is 1. The SMILES string of the molecule is O=C(NC1CCCCC1)N1CCCc2cccc(F)c21. The van der Waals surface area contributed by atoms with E-state index in [1.165, 1.54) is 25.3 Å². The molecule has 0 unspecified atom stereocenters. The number of hydrogen-bond acceptors (Lipinski definition) is 1. The van der Waals surface area contributed by atoms with Crippen molar-refractivity contribution in [3.63, 3.8) is 0 Å². The van der Waals surface area contributed by atoms with Crippen molar-refractivity contribution in [2.75, 3.05) is 11.4 Å². The van der Waals surface area contributed by atoms with Crippen molar-refractivity contribution < 1.29 is 9.18 Å². The van der Waals surface area contributed by atoms with E-state index >= 15 is 0 Å². The van der Waals surface area contributed by atoms with Crippen molar-refractivity contribution in [1.29, 1.82) is 0 Å². The summed E-state index contributed by atoms with van der Waals surface area (Å²) in [4.78, 5) is 14.0. The minimum absolute atomic E-state index is 0.136. The molecule has 0 spiro atoms. The summed E-state index contributed by atoms with van der Waals surface area (Å²) in [5, 5.41) is 3.08. The van der Waals surface area contributed by atoms with Crippen molar-refractivity contribution >= 4 is 11.7 Å². The van der Waals surface area contributed by atoms with Gasteiger partial charge in [-0.05, 0) is 37.3 Å². The van der Waals surface area contributed by atoms with Crippen LogP contribution in [-0.4, -0.2) is 18.6 Å². The summed E-state index contributed by atoms with van der Waals surface area (Å²) in [5.74, 6) is -0.291. The van der Waals surface area contributed by atoms with Crippen LogP contribution in [0.25, 0.3) is 0 Å². The lowest BCUT2D eigenvalue weighted by Gasteiger charge is -2.32. The number of carbonyl (C=O) groups excluding carboxylic acids is 1. The zero-order chi connectivity index (χ0) is 13.9. The molecule has 1 aliphatic heterocycles. The summed E-state index contributed by atoms with van der Waals surface area (Å²) in [6, 6.07) is 5.19. The van der Waals surface area contributed by atoms with Crippen molar-refractivity contribution in [2.24, 2.45) is 0 Å². The highest BCUT2D eigenvalue weighted by Crippen LogP contribution is 2.30. The van der Waals surface area contributed by atoms with Crippen LogP contribution in [-0.2, 0) is 6.42 Å². The fourth-order valence-electron chi connectivity index (χ4n) is 3.31. The number of nitrogens with zero attached hydrogens (tertiary/aromatic N) is 1. The second kappa shape index (κ2) is 5.81. The molecule has 0 saturated heterocycles. The molecule has 2 amide bonds. The van der Waals surface area contributed by atoms with E-state index in [1.807, 2.05) is 6.07 Å². The number of benzene rings is 1. The highest BCUT2D eigenvalue weighted by Gasteiger charge is 2.27. The summed E-state index contributed by atoms with van der Waals surface area (Å²) in [5.41, 5.74) is 1.42. The van der Waals surface area contributed by atoms with Crippen LogP contribution in [0.4, 0.5) is 14.9 Å². The predicted molar refractivity (Wildman–Crippen MR) is 77.5 cm³/mol. The Morgan fingerprint density at radius 1 is 1.20 bits per heavy atom. The van der Waals surface area contributed by atoms with E-state index in [2.05, 4.69) is 5.32 Å². The van der Waals surface area contributed by atoms with Crippen LogP contribution in [0.5, 0.6) is 0 Å². The van der Waals surface area contributed by atoms with Crippen LogP contribution >= 0.6 is 0 Å². The number of halogens is 1. The van der Waals surface area contributed by atoms with Gasteiger partial charge in [0.2, 0.25) is 0 Å². The molecule has 2 aliphatic rings. The molecule has 0 aromatic heterocycles. The molecule has 1 aliphatic carbocycles. The molecule has 20 heavy (non-hydrogen) atoms. The number of urea groups is 1. The zero-order valence-corrected chi connectivity index (χ0v) is 11.7. The van der Waals surface area contributed by atoms with Gasteiger partial charge in [-0.25, -0.2) is 9.18 Å². The summed E-state index contributed by atoms with van der Waals surface area (Å²) >= 11 is 0. The van der Waals surface area contributed by atoms with Gasteiger partial charge in [-0.3, -0.25) is 4.90 Å². The van der Waals surface area contributed by atoms with Gasteiger partial charge in [-0.2, -0.15) is 0 Å². The largest absolute Gasteiger partial charge is 0.335 e. The van der Waals surface area contributed by atoms with Crippen molar-refractivity contribution in [3.05, 3.63) is 29.6 Å². The standard InChI is InChI=1S/C16H21FN2O/c17-14-10-4-6-12-7-5-11-19(15(12)14)16(20)18-13-8-2-1-3-9-13/h4,6,10,13H,1-3,5,7-9,11H2,(H,18,20). The van der Waals surface area contributed by atoms with Gasteiger partial charge < -0.3 is 5.32 Å². The smallest absolute Gasteiger partial charge is 0.322 e. The van der Waals surface area contributed by atoms with Gasteiger partial charge in [0.05, 0.1) is 5.69 Å². The number of aryl methyl sites for hydroxylation is 1. The van der Waals surface area contributed by atoms with Gasteiger partial charge in [-0.15, -0.1) is 0 Å². The summed E-state index contributed by atoms with van der Waals surface area (Å²) < 4.78 is 14.0. The molecule has 1 aromatic rings. The number of hydrogen-bond donors (Lipinski definition) is 1. The Hall–Kier alpha value is -1.58. The van der Waals surface area contributed by atoms with E-state index in [-0.39, 0.29) is 17.9 Å². The second-order valence-corrected chi connectivity index (χ2v) is 5.79. The zero-order valence-electron chi connectivity index (χ0n) is 11.7. The van der Waals surface area contributed by atoms with E-state index in [0.29, 0.717) is 12.2 Å². The second-order valence-electron chi connectivity index (χ2n) is 5.79. The third-order valence-corrected chi connectivity index (χ3v) is 4.35. The van der Waals surface area contributed by atoms with Crippen molar-refractivity contribution in [1.82, 2.24) is 5.32 Å². The highest BCUT2D eigenvalue weighted by atomic mass is 19.1. The molecular weight excluding hydrogens is 255 g/mol. The number of fused-ring (bicyclic) bond motifs is 1. The minimum Gasteiger partial charge on any atom is -0.335 e. The highest BCUT2D eigenvalue weighted by molar-refractivity contribution is 5.93. The molecule has 108 valence electrons. The van der Waals surface area contributed by atoms with Gasteiger partial charge in [0.1, 0.15) is 5.82 Å². The van der Waals surface area contributed by atoms with Crippen molar-refractivity contribution in [2.45, 2.75) is 51.0 Å². The Kier molecular flexibility index (Phi) is 3.90.